The lowest BCUT2D eigenvalue weighted by Gasteiger charge is -2.08. The van der Waals surface area contributed by atoms with E-state index >= 15 is 0 Å². The van der Waals surface area contributed by atoms with Crippen LogP contribution in [0.25, 0.3) is 11.4 Å². The quantitative estimate of drug-likeness (QED) is 0.609. The van der Waals surface area contributed by atoms with Gasteiger partial charge in [0.2, 0.25) is 5.82 Å². The first kappa shape index (κ1) is 17.9. The van der Waals surface area contributed by atoms with Crippen molar-refractivity contribution >= 4 is 17.6 Å². The Hall–Kier alpha value is -2.86. The zero-order valence-electron chi connectivity index (χ0n) is 14.4. The van der Waals surface area contributed by atoms with E-state index in [9.17, 15) is 4.79 Å². The Morgan fingerprint density at radius 2 is 1.96 bits per heavy atom. The van der Waals surface area contributed by atoms with Gasteiger partial charge in [-0.25, -0.2) is 0 Å². The molecule has 0 aliphatic carbocycles. The number of rotatable bonds is 6. The number of benzene rings is 2. The molecular weight excluding hydrogens is 356 g/mol. The molecule has 0 radical (unpaired) electrons. The van der Waals surface area contributed by atoms with Gasteiger partial charge in [-0.1, -0.05) is 34.5 Å². The van der Waals surface area contributed by atoms with E-state index in [-0.39, 0.29) is 18.9 Å². The lowest BCUT2D eigenvalue weighted by molar-refractivity contribution is -0.144. The highest BCUT2D eigenvalue weighted by molar-refractivity contribution is 6.30. The monoisotopic (exact) mass is 372 g/mol. The van der Waals surface area contributed by atoms with Crippen LogP contribution in [0.3, 0.4) is 0 Å². The number of halogens is 1. The van der Waals surface area contributed by atoms with Gasteiger partial charge < -0.3 is 14.0 Å². The summed E-state index contributed by atoms with van der Waals surface area (Å²) in [6.45, 7) is 1.86. The molecule has 134 valence electrons. The van der Waals surface area contributed by atoms with Crippen LogP contribution in [0.1, 0.15) is 17.0 Å². The van der Waals surface area contributed by atoms with E-state index in [1.807, 2.05) is 25.1 Å². The lowest BCUT2D eigenvalue weighted by atomic mass is 10.1. The summed E-state index contributed by atoms with van der Waals surface area (Å²) in [7, 11) is 1.57. The zero-order valence-corrected chi connectivity index (χ0v) is 15.1. The minimum absolute atomic E-state index is 0.0897. The van der Waals surface area contributed by atoms with Crippen molar-refractivity contribution in [1.82, 2.24) is 10.1 Å². The average Bonchev–Trinajstić information content (AvgIpc) is 3.10. The van der Waals surface area contributed by atoms with Gasteiger partial charge in [0, 0.05) is 16.1 Å². The number of ether oxygens (including phenoxy) is 2. The second-order valence-electron chi connectivity index (χ2n) is 5.67. The SMILES string of the molecule is COc1ccc(C)cc1CC(=O)OCc1nc(-c2ccc(Cl)cc2)no1. The molecule has 3 rings (SSSR count). The van der Waals surface area contributed by atoms with Gasteiger partial charge in [-0.15, -0.1) is 0 Å². The lowest BCUT2D eigenvalue weighted by Crippen LogP contribution is -2.09. The van der Waals surface area contributed by atoms with E-state index in [0.29, 0.717) is 16.6 Å². The van der Waals surface area contributed by atoms with Gasteiger partial charge in [-0.05, 0) is 37.3 Å². The second-order valence-corrected chi connectivity index (χ2v) is 6.11. The van der Waals surface area contributed by atoms with Crippen LogP contribution in [0.4, 0.5) is 0 Å². The Kier molecular flexibility index (Phi) is 5.53. The van der Waals surface area contributed by atoms with Gasteiger partial charge >= 0.3 is 5.97 Å². The van der Waals surface area contributed by atoms with Crippen LogP contribution in [-0.2, 0) is 22.6 Å². The fraction of sp³-hybridized carbons (Fsp3) is 0.211. The topological polar surface area (TPSA) is 74.5 Å². The van der Waals surface area contributed by atoms with E-state index in [1.54, 1.807) is 31.4 Å². The summed E-state index contributed by atoms with van der Waals surface area (Å²) in [5.74, 6) is 0.878. The van der Waals surface area contributed by atoms with E-state index in [4.69, 9.17) is 25.6 Å². The standard InChI is InChI=1S/C19H17ClN2O4/c1-12-3-8-16(24-2)14(9-12)10-18(23)25-11-17-21-19(22-26-17)13-4-6-15(20)7-5-13/h3-9H,10-11H2,1-2H3. The van der Waals surface area contributed by atoms with Crippen LogP contribution < -0.4 is 4.74 Å². The van der Waals surface area contributed by atoms with E-state index < -0.39 is 5.97 Å². The number of hydrogen-bond acceptors (Lipinski definition) is 6. The van der Waals surface area contributed by atoms with Crippen molar-refractivity contribution in [2.45, 2.75) is 20.0 Å². The maximum Gasteiger partial charge on any atom is 0.310 e. The third-order valence-electron chi connectivity index (χ3n) is 3.70. The highest BCUT2D eigenvalue weighted by Crippen LogP contribution is 2.21. The summed E-state index contributed by atoms with van der Waals surface area (Å²) >= 11 is 5.86. The molecule has 0 amide bonds. The summed E-state index contributed by atoms with van der Waals surface area (Å²) < 4.78 is 15.6. The Morgan fingerprint density at radius 1 is 1.19 bits per heavy atom. The van der Waals surface area contributed by atoms with Crippen molar-refractivity contribution in [2.75, 3.05) is 7.11 Å². The minimum Gasteiger partial charge on any atom is -0.496 e. The van der Waals surface area contributed by atoms with E-state index in [1.165, 1.54) is 0 Å². The first-order chi connectivity index (χ1) is 12.5. The van der Waals surface area contributed by atoms with Gasteiger partial charge in [0.25, 0.3) is 5.89 Å². The fourth-order valence-corrected chi connectivity index (χ4v) is 2.55. The van der Waals surface area contributed by atoms with Gasteiger partial charge in [-0.3, -0.25) is 4.79 Å². The highest BCUT2D eigenvalue weighted by Gasteiger charge is 2.13. The van der Waals surface area contributed by atoms with Crippen LogP contribution in [0.2, 0.25) is 5.02 Å². The van der Waals surface area contributed by atoms with Gasteiger partial charge in [0.1, 0.15) is 5.75 Å². The molecule has 0 fully saturated rings. The van der Waals surface area contributed by atoms with Crippen LogP contribution in [0.5, 0.6) is 5.75 Å². The molecular formula is C19H17ClN2O4. The first-order valence-corrected chi connectivity index (χ1v) is 8.30. The maximum absolute atomic E-state index is 12.1. The van der Waals surface area contributed by atoms with Crippen molar-refractivity contribution in [3.05, 3.63) is 64.5 Å². The molecule has 0 unspecified atom stereocenters. The molecule has 1 aromatic heterocycles. The molecule has 0 aliphatic heterocycles. The van der Waals surface area contributed by atoms with Crippen molar-refractivity contribution in [2.24, 2.45) is 0 Å². The van der Waals surface area contributed by atoms with E-state index in [0.717, 1.165) is 16.7 Å². The molecule has 0 atom stereocenters. The summed E-state index contributed by atoms with van der Waals surface area (Å²) in [6, 6.07) is 12.7. The van der Waals surface area contributed by atoms with Gasteiger partial charge in [-0.2, -0.15) is 4.98 Å². The van der Waals surface area contributed by atoms with Crippen molar-refractivity contribution < 1.29 is 18.8 Å². The molecule has 0 bridgehead atoms. The normalized spacial score (nSPS) is 10.6. The summed E-state index contributed by atoms with van der Waals surface area (Å²) in [6.07, 6.45) is 0.100. The van der Waals surface area contributed by atoms with Crippen LogP contribution in [0.15, 0.2) is 47.0 Å². The predicted molar refractivity (Wildman–Crippen MR) is 96.0 cm³/mol. The van der Waals surface area contributed by atoms with Crippen LogP contribution in [-0.4, -0.2) is 23.2 Å². The molecule has 0 saturated heterocycles. The predicted octanol–water partition coefficient (Wildman–Crippen LogP) is 3.99. The van der Waals surface area contributed by atoms with Crippen molar-refractivity contribution in [1.29, 1.82) is 0 Å². The van der Waals surface area contributed by atoms with Gasteiger partial charge in [0.05, 0.1) is 13.5 Å². The minimum atomic E-state index is -0.403. The number of methoxy groups -OCH3 is 1. The van der Waals surface area contributed by atoms with Crippen molar-refractivity contribution in [3.8, 4) is 17.1 Å². The summed E-state index contributed by atoms with van der Waals surface area (Å²) in [5.41, 5.74) is 2.57. The molecule has 0 N–H and O–H groups in total. The van der Waals surface area contributed by atoms with Gasteiger partial charge in [0.15, 0.2) is 6.61 Å². The first-order valence-electron chi connectivity index (χ1n) is 7.93. The number of nitrogens with zero attached hydrogens (tertiary/aromatic N) is 2. The summed E-state index contributed by atoms with van der Waals surface area (Å²) in [5, 5.41) is 4.50. The molecule has 6 nitrogen and oxygen atoms in total. The number of esters is 1. The number of hydrogen-bond donors (Lipinski definition) is 0. The highest BCUT2D eigenvalue weighted by atomic mass is 35.5. The Balaban J connectivity index is 1.60. The molecule has 26 heavy (non-hydrogen) atoms. The molecule has 1 heterocycles. The largest absolute Gasteiger partial charge is 0.496 e. The third kappa shape index (κ3) is 4.40. The average molecular weight is 373 g/mol. The van der Waals surface area contributed by atoms with E-state index in [2.05, 4.69) is 10.1 Å². The second kappa shape index (κ2) is 8.01. The molecule has 0 aliphatic rings. The molecule has 3 aromatic rings. The summed E-state index contributed by atoms with van der Waals surface area (Å²) in [4.78, 5) is 16.3. The number of aromatic nitrogens is 2. The molecule has 2 aromatic carbocycles. The number of carbonyl (C=O) groups is 1. The molecule has 0 saturated carbocycles. The third-order valence-corrected chi connectivity index (χ3v) is 3.95. The maximum atomic E-state index is 12.1. The van der Waals surface area contributed by atoms with Crippen molar-refractivity contribution in [3.63, 3.8) is 0 Å². The Bertz CT molecular complexity index is 906. The smallest absolute Gasteiger partial charge is 0.310 e. The fourth-order valence-electron chi connectivity index (χ4n) is 2.42. The molecule has 0 spiro atoms. The van der Waals surface area contributed by atoms with Crippen LogP contribution in [0, 0.1) is 6.92 Å². The Labute approximate surface area is 155 Å². The van der Waals surface area contributed by atoms with Crippen LogP contribution >= 0.6 is 11.6 Å². The number of carbonyl (C=O) groups excluding carboxylic acids is 1. The Morgan fingerprint density at radius 3 is 2.69 bits per heavy atom. The number of aryl methyl sites for hydroxylation is 1. The zero-order chi connectivity index (χ0) is 18.5. The molecule has 7 heteroatoms.